The lowest BCUT2D eigenvalue weighted by atomic mass is 9.92. The molecule has 3 aromatic rings. The van der Waals surface area contributed by atoms with Crippen LogP contribution in [0.4, 0.5) is 10.5 Å². The van der Waals surface area contributed by atoms with E-state index in [1.54, 1.807) is 11.3 Å². The average Bonchev–Trinajstić information content (AvgIpc) is 3.24. The summed E-state index contributed by atoms with van der Waals surface area (Å²) in [7, 11) is 0. The second-order valence-corrected chi connectivity index (χ2v) is 13.5. The molecule has 0 unspecified atom stereocenters. The summed E-state index contributed by atoms with van der Waals surface area (Å²) < 4.78 is 0. The highest BCUT2D eigenvalue weighted by Crippen LogP contribution is 2.38. The zero-order chi connectivity index (χ0) is 28.4. The number of nitrogens with one attached hydrogen (secondary N) is 1. The molecule has 1 saturated heterocycles. The van der Waals surface area contributed by atoms with Crippen molar-refractivity contribution in [1.82, 2.24) is 20.1 Å². The first kappa shape index (κ1) is 28.3. The summed E-state index contributed by atoms with van der Waals surface area (Å²) in [6.45, 7) is 16.3. The number of para-hydroxylation sites is 1. The molecule has 0 spiro atoms. The summed E-state index contributed by atoms with van der Waals surface area (Å²) in [6, 6.07) is 13.8. The minimum atomic E-state index is -0.0208. The van der Waals surface area contributed by atoms with Gasteiger partial charge in [0.15, 0.2) is 0 Å². The Labute approximate surface area is 242 Å². The van der Waals surface area contributed by atoms with Gasteiger partial charge in [-0.1, -0.05) is 45.0 Å². The fourth-order valence-electron chi connectivity index (χ4n) is 5.44. The summed E-state index contributed by atoms with van der Waals surface area (Å²) in [5, 5.41) is 4.15. The van der Waals surface area contributed by atoms with Crippen molar-refractivity contribution in [2.75, 3.05) is 44.2 Å². The average molecular weight is 560 g/mol. The van der Waals surface area contributed by atoms with E-state index < -0.39 is 0 Å². The van der Waals surface area contributed by atoms with Gasteiger partial charge in [-0.3, -0.25) is 9.69 Å². The van der Waals surface area contributed by atoms with Crippen molar-refractivity contribution in [3.05, 3.63) is 69.0 Å². The third-order valence-corrected chi connectivity index (χ3v) is 8.95. The van der Waals surface area contributed by atoms with E-state index in [1.807, 2.05) is 60.0 Å². The van der Waals surface area contributed by atoms with E-state index >= 15 is 0 Å². The number of aromatic nitrogens is 1. The van der Waals surface area contributed by atoms with Crippen LogP contribution in [-0.4, -0.2) is 66.0 Å². The standard InChI is InChI=1S/C32H41N5O2S/c1-22-20-24(30(38)37-14-12-28-29(34-23(2)40-28)26-8-6-7-9-27(26)37)10-11-25(22)21-33-31(39)36-18-16-35(17-19-36)15-13-32(3,4)5/h6-11,20H,12-19,21H2,1-5H3,(H,33,39). The molecule has 8 heteroatoms. The molecule has 1 N–H and O–H groups in total. The van der Waals surface area contributed by atoms with Crippen LogP contribution in [0.25, 0.3) is 11.3 Å². The number of hydrogen-bond donors (Lipinski definition) is 1. The topological polar surface area (TPSA) is 68.8 Å². The molecule has 212 valence electrons. The first-order chi connectivity index (χ1) is 19.1. The Bertz CT molecular complexity index is 1380. The van der Waals surface area contributed by atoms with E-state index in [1.165, 1.54) is 4.88 Å². The summed E-state index contributed by atoms with van der Waals surface area (Å²) in [5.41, 5.74) is 5.92. The quantitative estimate of drug-likeness (QED) is 0.423. The minimum Gasteiger partial charge on any atom is -0.334 e. The van der Waals surface area contributed by atoms with Crippen molar-refractivity contribution in [1.29, 1.82) is 0 Å². The van der Waals surface area contributed by atoms with Crippen LogP contribution in [0.15, 0.2) is 42.5 Å². The molecule has 5 rings (SSSR count). The van der Waals surface area contributed by atoms with Crippen LogP contribution in [0.5, 0.6) is 0 Å². The van der Waals surface area contributed by atoms with Crippen LogP contribution >= 0.6 is 11.3 Å². The third-order valence-electron chi connectivity index (χ3n) is 7.92. The number of piperazine rings is 1. The lowest BCUT2D eigenvalue weighted by Gasteiger charge is -2.36. The molecule has 1 fully saturated rings. The van der Waals surface area contributed by atoms with E-state index in [9.17, 15) is 9.59 Å². The van der Waals surface area contributed by atoms with E-state index in [2.05, 4.69) is 37.1 Å². The first-order valence-corrected chi connectivity index (χ1v) is 15.1. The summed E-state index contributed by atoms with van der Waals surface area (Å²) in [6.07, 6.45) is 1.95. The Kier molecular flexibility index (Phi) is 8.29. The van der Waals surface area contributed by atoms with Crippen molar-refractivity contribution in [3.8, 4) is 11.3 Å². The monoisotopic (exact) mass is 559 g/mol. The smallest absolute Gasteiger partial charge is 0.317 e. The number of fused-ring (bicyclic) bond motifs is 3. The zero-order valence-electron chi connectivity index (χ0n) is 24.4. The summed E-state index contributed by atoms with van der Waals surface area (Å²) in [4.78, 5) is 38.9. The molecular weight excluding hydrogens is 518 g/mol. The highest BCUT2D eigenvalue weighted by molar-refractivity contribution is 7.12. The predicted molar refractivity (Wildman–Crippen MR) is 163 cm³/mol. The molecule has 1 aromatic heterocycles. The SMILES string of the molecule is Cc1nc2c(s1)CCN(C(=O)c1ccc(CNC(=O)N3CCN(CCC(C)(C)C)CC3)c(C)c1)c1ccccc1-2. The molecule has 7 nitrogen and oxygen atoms in total. The van der Waals surface area contributed by atoms with Crippen LogP contribution in [0, 0.1) is 19.3 Å². The molecule has 0 atom stereocenters. The fraction of sp³-hybridized carbons (Fsp3) is 0.469. The van der Waals surface area contributed by atoms with Gasteiger partial charge in [-0.25, -0.2) is 9.78 Å². The Balaban J connectivity index is 1.20. The van der Waals surface area contributed by atoms with Gasteiger partial charge in [0.05, 0.1) is 16.4 Å². The van der Waals surface area contributed by atoms with E-state index in [-0.39, 0.29) is 11.9 Å². The van der Waals surface area contributed by atoms with Crippen molar-refractivity contribution in [2.24, 2.45) is 5.41 Å². The number of amides is 3. The number of urea groups is 1. The van der Waals surface area contributed by atoms with Gasteiger partial charge in [-0.15, -0.1) is 11.3 Å². The van der Waals surface area contributed by atoms with Gasteiger partial charge in [-0.2, -0.15) is 0 Å². The number of thiazole rings is 1. The molecule has 2 aromatic carbocycles. The van der Waals surface area contributed by atoms with Gasteiger partial charge >= 0.3 is 6.03 Å². The van der Waals surface area contributed by atoms with Crippen molar-refractivity contribution in [3.63, 3.8) is 0 Å². The molecule has 40 heavy (non-hydrogen) atoms. The third kappa shape index (κ3) is 6.39. The molecule has 3 amide bonds. The molecule has 0 aliphatic carbocycles. The second-order valence-electron chi connectivity index (χ2n) is 12.2. The minimum absolute atomic E-state index is 0.0117. The Morgan fingerprint density at radius 2 is 1.75 bits per heavy atom. The molecule has 2 aliphatic rings. The second kappa shape index (κ2) is 11.7. The first-order valence-electron chi connectivity index (χ1n) is 14.3. The summed E-state index contributed by atoms with van der Waals surface area (Å²) in [5.74, 6) is -0.0117. The molecule has 0 bridgehead atoms. The van der Waals surface area contributed by atoms with Crippen LogP contribution in [0.3, 0.4) is 0 Å². The zero-order valence-corrected chi connectivity index (χ0v) is 25.2. The summed E-state index contributed by atoms with van der Waals surface area (Å²) >= 11 is 1.71. The molecular formula is C32H41N5O2S. The van der Waals surface area contributed by atoms with Gasteiger partial charge in [0.25, 0.3) is 5.91 Å². The lowest BCUT2D eigenvalue weighted by Crippen LogP contribution is -2.52. The predicted octanol–water partition coefficient (Wildman–Crippen LogP) is 5.89. The fourth-order valence-corrected chi connectivity index (χ4v) is 6.38. The van der Waals surface area contributed by atoms with Crippen LogP contribution in [0.1, 0.15) is 58.6 Å². The van der Waals surface area contributed by atoms with E-state index in [4.69, 9.17) is 4.98 Å². The van der Waals surface area contributed by atoms with Gasteiger partial charge in [-0.05, 0) is 61.6 Å². The maximum Gasteiger partial charge on any atom is 0.317 e. The van der Waals surface area contributed by atoms with Crippen molar-refractivity contribution >= 4 is 29.0 Å². The molecule has 3 heterocycles. The van der Waals surface area contributed by atoms with Crippen LogP contribution in [0.2, 0.25) is 0 Å². The molecule has 0 radical (unpaired) electrons. The number of aryl methyl sites for hydroxylation is 2. The van der Waals surface area contributed by atoms with E-state index in [0.717, 1.165) is 78.6 Å². The lowest BCUT2D eigenvalue weighted by molar-refractivity contribution is 0.0987. The van der Waals surface area contributed by atoms with E-state index in [0.29, 0.717) is 24.1 Å². The number of hydrogen-bond acceptors (Lipinski definition) is 5. The van der Waals surface area contributed by atoms with Crippen LogP contribution < -0.4 is 10.2 Å². The Hall–Kier alpha value is -3.23. The van der Waals surface area contributed by atoms with Gasteiger partial charge < -0.3 is 15.1 Å². The number of carbonyl (C=O) groups excluding carboxylic acids is 2. The van der Waals surface area contributed by atoms with Crippen molar-refractivity contribution < 1.29 is 9.59 Å². The Morgan fingerprint density at radius 1 is 1.00 bits per heavy atom. The van der Waals surface area contributed by atoms with Crippen LogP contribution in [-0.2, 0) is 13.0 Å². The number of benzene rings is 2. The number of rotatable bonds is 5. The Morgan fingerprint density at radius 3 is 2.48 bits per heavy atom. The number of carbonyl (C=O) groups is 2. The normalized spacial score (nSPS) is 15.8. The highest BCUT2D eigenvalue weighted by atomic mass is 32.1. The molecule has 0 saturated carbocycles. The van der Waals surface area contributed by atoms with Crippen molar-refractivity contribution in [2.45, 2.75) is 54.0 Å². The highest BCUT2D eigenvalue weighted by Gasteiger charge is 2.27. The number of anilines is 1. The van der Waals surface area contributed by atoms with Gasteiger partial charge in [0.1, 0.15) is 0 Å². The van der Waals surface area contributed by atoms with Gasteiger partial charge in [0.2, 0.25) is 0 Å². The molecule has 2 aliphatic heterocycles. The maximum absolute atomic E-state index is 13.7. The number of nitrogens with zero attached hydrogens (tertiary/aromatic N) is 4. The van der Waals surface area contributed by atoms with Gasteiger partial charge in [0, 0.05) is 61.7 Å². The largest absolute Gasteiger partial charge is 0.334 e. The maximum atomic E-state index is 13.7.